The highest BCUT2D eigenvalue weighted by Gasteiger charge is 2.16. The van der Waals surface area contributed by atoms with Crippen molar-refractivity contribution in [3.63, 3.8) is 0 Å². The van der Waals surface area contributed by atoms with E-state index in [-0.39, 0.29) is 11.6 Å². The highest BCUT2D eigenvalue weighted by Crippen LogP contribution is 2.22. The lowest BCUT2D eigenvalue weighted by Crippen LogP contribution is -2.20. The van der Waals surface area contributed by atoms with Gasteiger partial charge in [0.05, 0.1) is 16.4 Å². The topological polar surface area (TPSA) is 88.5 Å². The predicted molar refractivity (Wildman–Crippen MR) is 104 cm³/mol. The summed E-state index contributed by atoms with van der Waals surface area (Å²) in [5.74, 6) is 1.94. The van der Waals surface area contributed by atoms with E-state index in [2.05, 4.69) is 38.4 Å². The Hall–Kier alpha value is -2.39. The first-order valence-electron chi connectivity index (χ1n) is 7.75. The summed E-state index contributed by atoms with van der Waals surface area (Å²) < 4.78 is 2.42. The van der Waals surface area contributed by atoms with Crippen molar-refractivity contribution in [3.8, 4) is 5.95 Å². The lowest BCUT2D eigenvalue weighted by Gasteiger charge is -2.14. The van der Waals surface area contributed by atoms with E-state index in [1.165, 1.54) is 15.5 Å². The molecule has 1 atom stereocenters. The molecule has 1 aromatic carbocycles. The van der Waals surface area contributed by atoms with Crippen LogP contribution in [0.5, 0.6) is 0 Å². The summed E-state index contributed by atoms with van der Waals surface area (Å²) in [6.45, 7) is 2.09. The number of imidazole rings is 1. The molecule has 0 aliphatic rings. The molecular weight excluding hydrogens is 356 g/mol. The quantitative estimate of drug-likeness (QED) is 0.560. The van der Waals surface area contributed by atoms with Crippen LogP contribution in [-0.4, -0.2) is 41.9 Å². The number of H-pyrrole nitrogens is 1. The zero-order valence-corrected chi connectivity index (χ0v) is 15.3. The van der Waals surface area contributed by atoms with Crippen LogP contribution >= 0.6 is 23.3 Å². The number of thioether (sulfide) groups is 1. The average Bonchev–Trinajstić information content (AvgIpc) is 3.20. The molecule has 25 heavy (non-hydrogen) atoms. The summed E-state index contributed by atoms with van der Waals surface area (Å²) in [7, 11) is 0. The number of hydrogen-bond donors (Lipinski definition) is 2. The minimum atomic E-state index is -0.112. The third kappa shape index (κ3) is 2.89. The largest absolute Gasteiger partial charge is 0.365 e. The van der Waals surface area contributed by atoms with Crippen LogP contribution in [0.1, 0.15) is 6.92 Å². The molecule has 0 spiro atoms. The molecule has 4 aromatic rings. The fraction of sp³-hybridized carbons (Fsp3) is 0.250. The van der Waals surface area contributed by atoms with Crippen LogP contribution in [0.15, 0.2) is 35.4 Å². The molecule has 7 nitrogen and oxygen atoms in total. The predicted octanol–water partition coefficient (Wildman–Crippen LogP) is 2.88. The molecule has 2 N–H and O–H groups in total. The van der Waals surface area contributed by atoms with Crippen LogP contribution in [0.3, 0.4) is 0 Å². The van der Waals surface area contributed by atoms with Crippen molar-refractivity contribution >= 4 is 50.4 Å². The first kappa shape index (κ1) is 16.1. The van der Waals surface area contributed by atoms with Gasteiger partial charge in [0.15, 0.2) is 11.5 Å². The summed E-state index contributed by atoms with van der Waals surface area (Å²) in [5, 5.41) is 4.05. The minimum absolute atomic E-state index is 0.112. The second-order valence-electron chi connectivity index (χ2n) is 5.66. The molecule has 0 saturated carbocycles. The van der Waals surface area contributed by atoms with Gasteiger partial charge in [-0.05, 0) is 36.8 Å². The Morgan fingerprint density at radius 1 is 1.36 bits per heavy atom. The Labute approximate surface area is 151 Å². The maximum Gasteiger partial charge on any atom is 0.275 e. The van der Waals surface area contributed by atoms with Gasteiger partial charge in [-0.15, -0.1) is 0 Å². The van der Waals surface area contributed by atoms with Crippen LogP contribution < -0.4 is 10.9 Å². The number of benzene rings is 1. The Morgan fingerprint density at radius 3 is 3.00 bits per heavy atom. The first-order valence-corrected chi connectivity index (χ1v) is 9.92. The van der Waals surface area contributed by atoms with Gasteiger partial charge < -0.3 is 10.3 Å². The normalized spacial score (nSPS) is 12.7. The number of aromatic amines is 1. The van der Waals surface area contributed by atoms with Crippen molar-refractivity contribution in [2.45, 2.75) is 13.0 Å². The van der Waals surface area contributed by atoms with E-state index in [1.807, 2.05) is 24.3 Å². The second kappa shape index (κ2) is 6.49. The Morgan fingerprint density at radius 2 is 2.20 bits per heavy atom. The van der Waals surface area contributed by atoms with Gasteiger partial charge in [-0.25, -0.2) is 4.98 Å². The molecule has 3 heterocycles. The molecule has 128 valence electrons. The number of nitrogens with zero attached hydrogens (tertiary/aromatic N) is 4. The van der Waals surface area contributed by atoms with Gasteiger partial charge in [-0.1, -0.05) is 12.1 Å². The van der Waals surface area contributed by atoms with Crippen LogP contribution in [0.25, 0.3) is 27.2 Å². The molecule has 0 saturated heterocycles. The van der Waals surface area contributed by atoms with Gasteiger partial charge in [0, 0.05) is 11.8 Å². The van der Waals surface area contributed by atoms with Crippen molar-refractivity contribution in [2.24, 2.45) is 0 Å². The third-order valence-corrected chi connectivity index (χ3v) is 5.64. The molecule has 0 bridgehead atoms. The van der Waals surface area contributed by atoms with Crippen molar-refractivity contribution in [1.29, 1.82) is 0 Å². The number of aromatic nitrogens is 5. The number of anilines is 1. The molecule has 0 amide bonds. The summed E-state index contributed by atoms with van der Waals surface area (Å²) in [6, 6.07) is 7.73. The monoisotopic (exact) mass is 372 g/mol. The molecule has 9 heteroatoms. The van der Waals surface area contributed by atoms with Crippen LogP contribution in [0.4, 0.5) is 5.82 Å². The molecule has 0 aliphatic heterocycles. The van der Waals surface area contributed by atoms with E-state index in [0.29, 0.717) is 22.8 Å². The molecule has 0 radical (unpaired) electrons. The fourth-order valence-corrected chi connectivity index (χ4v) is 4.16. The van der Waals surface area contributed by atoms with Crippen LogP contribution in [0, 0.1) is 0 Å². The molecule has 0 fully saturated rings. The smallest absolute Gasteiger partial charge is 0.275 e. The van der Waals surface area contributed by atoms with Gasteiger partial charge in [0.2, 0.25) is 0 Å². The van der Waals surface area contributed by atoms with Gasteiger partial charge in [0.1, 0.15) is 5.52 Å². The zero-order chi connectivity index (χ0) is 17.4. The summed E-state index contributed by atoms with van der Waals surface area (Å²) in [5.41, 5.74) is 1.16. The molecular formula is C16H16N6OS2. The van der Waals surface area contributed by atoms with E-state index < -0.39 is 0 Å². The van der Waals surface area contributed by atoms with Crippen molar-refractivity contribution in [2.75, 3.05) is 17.3 Å². The third-order valence-electron chi connectivity index (χ3n) is 3.75. The molecule has 0 aliphatic carbocycles. The van der Waals surface area contributed by atoms with Gasteiger partial charge in [0.25, 0.3) is 11.5 Å². The number of rotatable bonds is 5. The van der Waals surface area contributed by atoms with Gasteiger partial charge in [-0.2, -0.15) is 25.7 Å². The lowest BCUT2D eigenvalue weighted by atomic mass is 10.3. The second-order valence-corrected chi connectivity index (χ2v) is 7.56. The van der Waals surface area contributed by atoms with E-state index in [9.17, 15) is 4.79 Å². The lowest BCUT2D eigenvalue weighted by molar-refractivity contribution is 0.894. The van der Waals surface area contributed by atoms with Crippen LogP contribution in [-0.2, 0) is 0 Å². The van der Waals surface area contributed by atoms with Crippen molar-refractivity contribution in [3.05, 3.63) is 40.9 Å². The first-order chi connectivity index (χ1) is 12.2. The maximum absolute atomic E-state index is 12.7. The SMILES string of the molecule is CSCC(C)Nc1nc(-n2sc3ccccc3c2=O)nc2nc[nH]c12. The molecule has 4 rings (SSSR count). The highest BCUT2D eigenvalue weighted by molar-refractivity contribution is 7.98. The highest BCUT2D eigenvalue weighted by atomic mass is 32.2. The van der Waals surface area contributed by atoms with E-state index in [4.69, 9.17) is 0 Å². The van der Waals surface area contributed by atoms with E-state index in [0.717, 1.165) is 16.0 Å². The zero-order valence-electron chi connectivity index (χ0n) is 13.7. The van der Waals surface area contributed by atoms with Crippen molar-refractivity contribution < 1.29 is 0 Å². The van der Waals surface area contributed by atoms with Gasteiger partial charge >= 0.3 is 0 Å². The molecule has 3 aromatic heterocycles. The summed E-state index contributed by atoms with van der Waals surface area (Å²) in [6.07, 6.45) is 3.65. The Bertz CT molecular complexity index is 1100. The van der Waals surface area contributed by atoms with E-state index >= 15 is 0 Å². The number of nitrogens with one attached hydrogen (secondary N) is 2. The molecule has 1 unspecified atom stereocenters. The van der Waals surface area contributed by atoms with Gasteiger partial charge in [-0.3, -0.25) is 4.79 Å². The van der Waals surface area contributed by atoms with Crippen molar-refractivity contribution in [1.82, 2.24) is 23.9 Å². The van der Waals surface area contributed by atoms with Crippen LogP contribution in [0.2, 0.25) is 0 Å². The Balaban J connectivity index is 1.86. The van der Waals surface area contributed by atoms with E-state index in [1.54, 1.807) is 18.1 Å². The summed E-state index contributed by atoms with van der Waals surface area (Å²) in [4.78, 5) is 29.0. The summed E-state index contributed by atoms with van der Waals surface area (Å²) >= 11 is 3.09. The Kier molecular flexibility index (Phi) is 4.18. The minimum Gasteiger partial charge on any atom is -0.365 e. The fourth-order valence-electron chi connectivity index (χ4n) is 2.65. The number of hydrogen-bond acceptors (Lipinski definition) is 7. The standard InChI is InChI=1S/C16H16N6OS2/c1-9(7-24-2)19-14-12-13(18-8-17-12)20-16(21-14)22-15(23)10-5-3-4-6-11(10)25-22/h3-6,8-9H,7H2,1-2H3,(H2,17,18,19,20,21). The number of fused-ring (bicyclic) bond motifs is 2. The average molecular weight is 372 g/mol. The maximum atomic E-state index is 12.7.